The molecular formula is C20H31FN2O5. The predicted molar refractivity (Wildman–Crippen MR) is 104 cm³/mol. The number of benzene rings is 1. The normalized spacial score (nSPS) is 16.6. The number of anilines is 1. The maximum Gasteiger partial charge on any atom is 0.410 e. The summed E-state index contributed by atoms with van der Waals surface area (Å²) in [7, 11) is 0. The monoisotopic (exact) mass is 398 g/mol. The average molecular weight is 398 g/mol. The first-order valence-electron chi connectivity index (χ1n) is 9.61. The lowest BCUT2D eigenvalue weighted by molar-refractivity contribution is 0.0164. The second-order valence-corrected chi connectivity index (χ2v) is 8.08. The first kappa shape index (κ1) is 22.2. The van der Waals surface area contributed by atoms with Gasteiger partial charge in [-0.3, -0.25) is 0 Å². The van der Waals surface area contributed by atoms with Crippen molar-refractivity contribution in [2.45, 2.75) is 45.3 Å². The molecule has 8 heteroatoms. The number of halogens is 1. The van der Waals surface area contributed by atoms with E-state index in [2.05, 4.69) is 5.32 Å². The number of aliphatic hydroxyl groups is 2. The van der Waals surface area contributed by atoms with Gasteiger partial charge in [-0.05, 0) is 51.7 Å². The quantitative estimate of drug-likeness (QED) is 0.654. The molecule has 0 radical (unpaired) electrons. The molecule has 1 atom stereocenters. The van der Waals surface area contributed by atoms with Crippen LogP contribution in [0.1, 0.15) is 33.6 Å². The first-order chi connectivity index (χ1) is 13.2. The number of aliphatic hydroxyl groups excluding tert-OH is 2. The van der Waals surface area contributed by atoms with Gasteiger partial charge in [-0.15, -0.1) is 0 Å². The van der Waals surface area contributed by atoms with Crippen LogP contribution in [-0.4, -0.2) is 65.8 Å². The number of carbonyl (C=O) groups excluding carboxylic acids is 1. The summed E-state index contributed by atoms with van der Waals surface area (Å²) in [6.07, 6.45) is 0.358. The van der Waals surface area contributed by atoms with E-state index < -0.39 is 17.5 Å². The van der Waals surface area contributed by atoms with E-state index in [1.807, 2.05) is 20.8 Å². The second kappa shape index (κ2) is 9.93. The summed E-state index contributed by atoms with van der Waals surface area (Å²) in [6, 6.07) is 4.50. The maximum atomic E-state index is 14.2. The van der Waals surface area contributed by atoms with Gasteiger partial charge < -0.3 is 29.9 Å². The smallest absolute Gasteiger partial charge is 0.410 e. The molecule has 0 bridgehead atoms. The van der Waals surface area contributed by atoms with Crippen LogP contribution in [0.2, 0.25) is 0 Å². The van der Waals surface area contributed by atoms with Gasteiger partial charge in [0, 0.05) is 31.4 Å². The van der Waals surface area contributed by atoms with Crippen molar-refractivity contribution in [1.29, 1.82) is 0 Å². The highest BCUT2D eigenvalue weighted by Gasteiger charge is 2.27. The number of piperidine rings is 1. The fourth-order valence-electron chi connectivity index (χ4n) is 2.84. The molecular weight excluding hydrogens is 367 g/mol. The molecule has 1 aromatic carbocycles. The van der Waals surface area contributed by atoms with Crippen molar-refractivity contribution in [3.63, 3.8) is 0 Å². The van der Waals surface area contributed by atoms with Crippen LogP contribution >= 0.6 is 0 Å². The summed E-state index contributed by atoms with van der Waals surface area (Å²) in [5, 5.41) is 21.0. The molecule has 3 N–H and O–H groups in total. The number of nitrogens with zero attached hydrogens (tertiary/aromatic N) is 1. The Morgan fingerprint density at radius 1 is 1.36 bits per heavy atom. The number of amides is 1. The van der Waals surface area contributed by atoms with Crippen molar-refractivity contribution in [2.75, 3.05) is 38.2 Å². The van der Waals surface area contributed by atoms with Gasteiger partial charge in [-0.1, -0.05) is 0 Å². The Balaban J connectivity index is 1.77. The van der Waals surface area contributed by atoms with Crippen molar-refractivity contribution >= 4 is 11.8 Å². The van der Waals surface area contributed by atoms with Crippen LogP contribution in [0.3, 0.4) is 0 Å². The van der Waals surface area contributed by atoms with Gasteiger partial charge in [0.1, 0.15) is 5.60 Å². The van der Waals surface area contributed by atoms with Crippen LogP contribution in [0.25, 0.3) is 0 Å². The molecule has 0 saturated carbocycles. The molecule has 1 fully saturated rings. The topological polar surface area (TPSA) is 91.3 Å². The van der Waals surface area contributed by atoms with Crippen LogP contribution in [0.5, 0.6) is 5.75 Å². The molecule has 1 aliphatic rings. The second-order valence-electron chi connectivity index (χ2n) is 8.08. The lowest BCUT2D eigenvalue weighted by Gasteiger charge is -2.33. The third-order valence-electron chi connectivity index (χ3n) is 4.43. The van der Waals surface area contributed by atoms with Gasteiger partial charge in [0.15, 0.2) is 11.6 Å². The minimum absolute atomic E-state index is 0.131. The van der Waals surface area contributed by atoms with Crippen LogP contribution in [0.15, 0.2) is 18.2 Å². The van der Waals surface area contributed by atoms with Crippen LogP contribution < -0.4 is 10.1 Å². The molecule has 0 aromatic heterocycles. The Hall–Kier alpha value is -2.06. The van der Waals surface area contributed by atoms with E-state index in [4.69, 9.17) is 14.6 Å². The van der Waals surface area contributed by atoms with Crippen molar-refractivity contribution in [1.82, 2.24) is 4.90 Å². The van der Waals surface area contributed by atoms with Gasteiger partial charge in [-0.25, -0.2) is 9.18 Å². The molecule has 0 aliphatic carbocycles. The minimum atomic E-state index is -0.898. The molecule has 1 amide bonds. The van der Waals surface area contributed by atoms with E-state index >= 15 is 0 Å². The predicted octanol–water partition coefficient (Wildman–Crippen LogP) is 2.62. The van der Waals surface area contributed by atoms with Crippen molar-refractivity contribution < 1.29 is 28.9 Å². The lowest BCUT2D eigenvalue weighted by Crippen LogP contribution is -2.42. The number of ether oxygens (including phenoxy) is 2. The molecule has 1 aliphatic heterocycles. The third kappa shape index (κ3) is 7.16. The molecule has 158 valence electrons. The van der Waals surface area contributed by atoms with Gasteiger partial charge in [-0.2, -0.15) is 0 Å². The zero-order valence-electron chi connectivity index (χ0n) is 16.8. The van der Waals surface area contributed by atoms with Gasteiger partial charge >= 0.3 is 6.09 Å². The number of likely N-dealkylation sites (tertiary alicyclic amines) is 1. The Morgan fingerprint density at radius 2 is 2.04 bits per heavy atom. The van der Waals surface area contributed by atoms with Gasteiger partial charge in [0.25, 0.3) is 0 Å². The Morgan fingerprint density at radius 3 is 2.61 bits per heavy atom. The molecule has 28 heavy (non-hydrogen) atoms. The molecule has 1 heterocycles. The number of hydrogen-bond acceptors (Lipinski definition) is 6. The molecule has 1 saturated heterocycles. The van der Waals surface area contributed by atoms with E-state index in [0.29, 0.717) is 25.4 Å². The molecule has 7 nitrogen and oxygen atoms in total. The van der Waals surface area contributed by atoms with E-state index in [9.17, 15) is 14.3 Å². The van der Waals surface area contributed by atoms with Crippen LogP contribution in [0, 0.1) is 11.7 Å². The van der Waals surface area contributed by atoms with Crippen molar-refractivity contribution in [2.24, 2.45) is 5.92 Å². The summed E-state index contributed by atoms with van der Waals surface area (Å²) in [5.41, 5.74) is -0.00537. The summed E-state index contributed by atoms with van der Waals surface area (Å²) < 4.78 is 25.2. The highest BCUT2D eigenvalue weighted by atomic mass is 19.1. The maximum absolute atomic E-state index is 14.2. The highest BCUT2D eigenvalue weighted by molar-refractivity contribution is 5.68. The zero-order valence-corrected chi connectivity index (χ0v) is 16.8. The first-order valence-corrected chi connectivity index (χ1v) is 9.61. The summed E-state index contributed by atoms with van der Waals surface area (Å²) >= 11 is 0. The number of rotatable bonds is 7. The fourth-order valence-corrected chi connectivity index (χ4v) is 2.84. The molecule has 2 rings (SSSR count). The van der Waals surface area contributed by atoms with Gasteiger partial charge in [0.05, 0.1) is 19.3 Å². The minimum Gasteiger partial charge on any atom is -0.490 e. The number of hydrogen-bond donors (Lipinski definition) is 3. The van der Waals surface area contributed by atoms with E-state index in [0.717, 1.165) is 12.8 Å². The lowest BCUT2D eigenvalue weighted by atomic mass is 9.98. The molecule has 0 spiro atoms. The van der Waals surface area contributed by atoms with Gasteiger partial charge in [0.2, 0.25) is 0 Å². The van der Waals surface area contributed by atoms with Crippen molar-refractivity contribution in [3.8, 4) is 5.75 Å². The molecule has 1 aromatic rings. The van der Waals surface area contributed by atoms with E-state index in [1.54, 1.807) is 17.0 Å². The standard InChI is InChI=1S/C20H31FN2O5/c1-20(2,3)28-19(26)23-8-6-14(7-9-23)13-27-18-5-4-15(10-17(18)21)22-11-16(25)12-24/h4-5,10,14,16,22,24-25H,6-9,11-13H2,1-3H3. The SMILES string of the molecule is CC(C)(C)OC(=O)N1CCC(COc2ccc(NCC(O)CO)cc2F)CC1. The Labute approximate surface area is 165 Å². The Bertz CT molecular complexity index is 642. The number of nitrogens with one attached hydrogen (secondary N) is 1. The average Bonchev–Trinajstić information content (AvgIpc) is 2.64. The molecule has 1 unspecified atom stereocenters. The third-order valence-corrected chi connectivity index (χ3v) is 4.43. The number of carbonyl (C=O) groups is 1. The fraction of sp³-hybridized carbons (Fsp3) is 0.650. The van der Waals surface area contributed by atoms with Crippen LogP contribution in [-0.2, 0) is 4.74 Å². The largest absolute Gasteiger partial charge is 0.490 e. The Kier molecular flexibility index (Phi) is 7.88. The van der Waals surface area contributed by atoms with Crippen molar-refractivity contribution in [3.05, 3.63) is 24.0 Å². The van der Waals surface area contributed by atoms with Crippen LogP contribution in [0.4, 0.5) is 14.9 Å². The summed E-state index contributed by atoms with van der Waals surface area (Å²) in [5.74, 6) is -0.0758. The van der Waals surface area contributed by atoms with E-state index in [-0.39, 0.29) is 30.9 Å². The van der Waals surface area contributed by atoms with E-state index in [1.165, 1.54) is 6.07 Å². The zero-order chi connectivity index (χ0) is 20.7. The summed E-state index contributed by atoms with van der Waals surface area (Å²) in [6.45, 7) is 6.88. The summed E-state index contributed by atoms with van der Waals surface area (Å²) in [4.78, 5) is 13.8. The highest BCUT2D eigenvalue weighted by Crippen LogP contribution is 2.24.